The van der Waals surface area contributed by atoms with Crippen LogP contribution in [0.25, 0.3) is 0 Å². The lowest BCUT2D eigenvalue weighted by Gasteiger charge is -2.21. The predicted molar refractivity (Wildman–Crippen MR) is 79.1 cm³/mol. The summed E-state index contributed by atoms with van der Waals surface area (Å²) in [5, 5.41) is 3.09. The highest BCUT2D eigenvalue weighted by Gasteiger charge is 2.27. The molecule has 19 heavy (non-hydrogen) atoms. The molecular weight excluding hydrogens is 236 g/mol. The van der Waals surface area contributed by atoms with E-state index in [1.54, 1.807) is 0 Å². The summed E-state index contributed by atoms with van der Waals surface area (Å²) in [5.41, 5.74) is 9.31. The normalized spacial score (nSPS) is 23.7. The number of hydrogen-bond acceptors (Lipinski definition) is 2. The van der Waals surface area contributed by atoms with Gasteiger partial charge in [-0.2, -0.15) is 0 Å². The van der Waals surface area contributed by atoms with E-state index in [0.717, 1.165) is 42.5 Å². The van der Waals surface area contributed by atoms with Crippen LogP contribution in [-0.2, 0) is 4.79 Å². The van der Waals surface area contributed by atoms with Crippen molar-refractivity contribution in [2.45, 2.75) is 52.0 Å². The molecule has 1 aliphatic carbocycles. The summed E-state index contributed by atoms with van der Waals surface area (Å²) in [4.78, 5) is 12.4. The second-order valence-corrected chi connectivity index (χ2v) is 5.66. The number of carbonyl (C=O) groups excluding carboxylic acids is 1. The van der Waals surface area contributed by atoms with Gasteiger partial charge in [-0.15, -0.1) is 0 Å². The van der Waals surface area contributed by atoms with Crippen LogP contribution in [0.3, 0.4) is 0 Å². The van der Waals surface area contributed by atoms with E-state index in [1.165, 1.54) is 6.42 Å². The Bertz CT molecular complexity index is 436. The SMILES string of the molecule is Cc1cccc(C)c1NC(=O)C1CCCCCC1N. The molecule has 1 amide bonds. The number of aryl methyl sites for hydroxylation is 2. The molecule has 2 unspecified atom stereocenters. The molecule has 0 saturated heterocycles. The van der Waals surface area contributed by atoms with Crippen molar-refractivity contribution in [2.75, 3.05) is 5.32 Å². The molecule has 0 radical (unpaired) electrons. The average molecular weight is 260 g/mol. The first-order valence-corrected chi connectivity index (χ1v) is 7.22. The second kappa shape index (κ2) is 6.20. The van der Waals surface area contributed by atoms with Gasteiger partial charge in [-0.05, 0) is 37.8 Å². The van der Waals surface area contributed by atoms with Crippen LogP contribution in [0, 0.1) is 19.8 Å². The molecular formula is C16H24N2O. The molecule has 1 aromatic rings. The zero-order chi connectivity index (χ0) is 13.8. The van der Waals surface area contributed by atoms with Crippen LogP contribution in [0.1, 0.15) is 43.2 Å². The Labute approximate surface area is 115 Å². The van der Waals surface area contributed by atoms with Crippen molar-refractivity contribution in [3.8, 4) is 0 Å². The third kappa shape index (κ3) is 3.35. The first kappa shape index (κ1) is 14.1. The number of carbonyl (C=O) groups is 1. The molecule has 1 fully saturated rings. The lowest BCUT2D eigenvalue weighted by atomic mass is 9.94. The van der Waals surface area contributed by atoms with E-state index in [1.807, 2.05) is 32.0 Å². The summed E-state index contributed by atoms with van der Waals surface area (Å²) in [6.07, 6.45) is 5.33. The number of rotatable bonds is 2. The van der Waals surface area contributed by atoms with Crippen molar-refractivity contribution >= 4 is 11.6 Å². The molecule has 0 bridgehead atoms. The zero-order valence-corrected chi connectivity index (χ0v) is 11.9. The fraction of sp³-hybridized carbons (Fsp3) is 0.562. The van der Waals surface area contributed by atoms with Gasteiger partial charge in [0.1, 0.15) is 0 Å². The lowest BCUT2D eigenvalue weighted by molar-refractivity contribution is -0.120. The highest BCUT2D eigenvalue weighted by molar-refractivity contribution is 5.94. The lowest BCUT2D eigenvalue weighted by Crippen LogP contribution is -2.38. The van der Waals surface area contributed by atoms with Gasteiger partial charge >= 0.3 is 0 Å². The number of benzene rings is 1. The molecule has 104 valence electrons. The minimum absolute atomic E-state index is 0.00632. The first-order valence-electron chi connectivity index (χ1n) is 7.22. The third-order valence-corrected chi connectivity index (χ3v) is 4.14. The maximum Gasteiger partial charge on any atom is 0.229 e. The van der Waals surface area contributed by atoms with Crippen molar-refractivity contribution in [3.05, 3.63) is 29.3 Å². The van der Waals surface area contributed by atoms with Gasteiger partial charge in [0.15, 0.2) is 0 Å². The van der Waals surface area contributed by atoms with Crippen LogP contribution >= 0.6 is 0 Å². The van der Waals surface area contributed by atoms with Gasteiger partial charge in [-0.25, -0.2) is 0 Å². The van der Waals surface area contributed by atoms with Crippen LogP contribution in [-0.4, -0.2) is 11.9 Å². The molecule has 1 aromatic carbocycles. The Hall–Kier alpha value is -1.35. The predicted octanol–water partition coefficient (Wildman–Crippen LogP) is 3.15. The van der Waals surface area contributed by atoms with E-state index >= 15 is 0 Å². The molecule has 1 aliphatic rings. The summed E-state index contributed by atoms with van der Waals surface area (Å²) < 4.78 is 0. The van der Waals surface area contributed by atoms with E-state index in [4.69, 9.17) is 5.73 Å². The standard InChI is InChI=1S/C16H24N2O/c1-11-7-6-8-12(2)15(11)18-16(19)13-9-4-3-5-10-14(13)17/h6-8,13-14H,3-5,9-10,17H2,1-2H3,(H,18,19). The van der Waals surface area contributed by atoms with Crippen molar-refractivity contribution in [1.29, 1.82) is 0 Å². The summed E-state index contributed by atoms with van der Waals surface area (Å²) in [6.45, 7) is 4.05. The Morgan fingerprint density at radius 2 is 1.79 bits per heavy atom. The zero-order valence-electron chi connectivity index (χ0n) is 11.9. The first-order chi connectivity index (χ1) is 9.09. The molecule has 3 nitrogen and oxygen atoms in total. The number of para-hydroxylation sites is 1. The van der Waals surface area contributed by atoms with E-state index < -0.39 is 0 Å². The number of nitrogens with two attached hydrogens (primary N) is 1. The molecule has 2 atom stereocenters. The third-order valence-electron chi connectivity index (χ3n) is 4.14. The smallest absolute Gasteiger partial charge is 0.229 e. The Morgan fingerprint density at radius 3 is 2.47 bits per heavy atom. The van der Waals surface area contributed by atoms with Crippen LogP contribution in [0.2, 0.25) is 0 Å². The van der Waals surface area contributed by atoms with Gasteiger partial charge in [0, 0.05) is 11.7 Å². The Balaban J connectivity index is 2.11. The summed E-state index contributed by atoms with van der Waals surface area (Å²) in [5.74, 6) is 0.0494. The summed E-state index contributed by atoms with van der Waals surface area (Å²) in [6, 6.07) is 6.06. The average Bonchev–Trinajstić information content (AvgIpc) is 2.58. The molecule has 3 N–H and O–H groups in total. The van der Waals surface area contributed by atoms with Crippen molar-refractivity contribution < 1.29 is 4.79 Å². The van der Waals surface area contributed by atoms with Crippen LogP contribution in [0.5, 0.6) is 0 Å². The van der Waals surface area contributed by atoms with Crippen LogP contribution in [0.4, 0.5) is 5.69 Å². The highest BCUT2D eigenvalue weighted by Crippen LogP contribution is 2.25. The Morgan fingerprint density at radius 1 is 1.16 bits per heavy atom. The molecule has 0 aliphatic heterocycles. The van der Waals surface area contributed by atoms with Crippen molar-refractivity contribution in [1.82, 2.24) is 0 Å². The van der Waals surface area contributed by atoms with Gasteiger partial charge < -0.3 is 11.1 Å². The van der Waals surface area contributed by atoms with Crippen molar-refractivity contribution in [3.63, 3.8) is 0 Å². The second-order valence-electron chi connectivity index (χ2n) is 5.66. The quantitative estimate of drug-likeness (QED) is 0.803. The number of anilines is 1. The fourth-order valence-electron chi connectivity index (χ4n) is 2.89. The van der Waals surface area contributed by atoms with Gasteiger partial charge in [-0.3, -0.25) is 4.79 Å². The molecule has 0 spiro atoms. The molecule has 1 saturated carbocycles. The Kier molecular flexibility index (Phi) is 4.59. The monoisotopic (exact) mass is 260 g/mol. The highest BCUT2D eigenvalue weighted by atomic mass is 16.1. The van der Waals surface area contributed by atoms with E-state index in [-0.39, 0.29) is 17.9 Å². The molecule has 2 rings (SSSR count). The van der Waals surface area contributed by atoms with Gasteiger partial charge in [-0.1, -0.05) is 37.5 Å². The maximum atomic E-state index is 12.4. The van der Waals surface area contributed by atoms with Gasteiger partial charge in [0.25, 0.3) is 0 Å². The minimum atomic E-state index is -0.0403. The van der Waals surface area contributed by atoms with Crippen LogP contribution in [0.15, 0.2) is 18.2 Å². The van der Waals surface area contributed by atoms with Gasteiger partial charge in [0.2, 0.25) is 5.91 Å². The topological polar surface area (TPSA) is 55.1 Å². The molecule has 0 heterocycles. The minimum Gasteiger partial charge on any atom is -0.327 e. The van der Waals surface area contributed by atoms with Gasteiger partial charge in [0.05, 0.1) is 5.92 Å². The summed E-state index contributed by atoms with van der Waals surface area (Å²) >= 11 is 0. The van der Waals surface area contributed by atoms with E-state index in [2.05, 4.69) is 5.32 Å². The number of amides is 1. The fourth-order valence-corrected chi connectivity index (χ4v) is 2.89. The van der Waals surface area contributed by atoms with E-state index in [0.29, 0.717) is 0 Å². The van der Waals surface area contributed by atoms with Crippen LogP contribution < -0.4 is 11.1 Å². The molecule has 0 aromatic heterocycles. The summed E-state index contributed by atoms with van der Waals surface area (Å²) in [7, 11) is 0. The van der Waals surface area contributed by atoms with E-state index in [9.17, 15) is 4.79 Å². The van der Waals surface area contributed by atoms with Crippen molar-refractivity contribution in [2.24, 2.45) is 11.7 Å². The largest absolute Gasteiger partial charge is 0.327 e. The number of nitrogens with one attached hydrogen (secondary N) is 1. The maximum absolute atomic E-state index is 12.4. The number of hydrogen-bond donors (Lipinski definition) is 2. The molecule has 3 heteroatoms.